The quantitative estimate of drug-likeness (QED) is 0.847. The average Bonchev–Trinajstić information content (AvgIpc) is 2.55. The fourth-order valence-electron chi connectivity index (χ4n) is 2.92. The maximum absolute atomic E-state index is 12.4. The molecule has 0 heterocycles. The van der Waals surface area contributed by atoms with Crippen molar-refractivity contribution >= 4 is 17.5 Å². The van der Waals surface area contributed by atoms with Gasteiger partial charge in [0.2, 0.25) is 5.91 Å². The van der Waals surface area contributed by atoms with E-state index < -0.39 is 5.38 Å². The van der Waals surface area contributed by atoms with Crippen LogP contribution < -0.4 is 5.32 Å². The lowest BCUT2D eigenvalue weighted by Crippen LogP contribution is -2.33. The van der Waals surface area contributed by atoms with Crippen LogP contribution in [-0.2, 0) is 11.2 Å². The normalized spacial score (nSPS) is 18.6. The Labute approximate surface area is 130 Å². The third-order valence-corrected chi connectivity index (χ3v) is 4.46. The summed E-state index contributed by atoms with van der Waals surface area (Å²) in [6.07, 6.45) is 3.16. The number of rotatable bonds is 3. The number of fused-ring (bicyclic) bond motifs is 1. The summed E-state index contributed by atoms with van der Waals surface area (Å²) in [7, 11) is 0. The lowest BCUT2D eigenvalue weighted by atomic mass is 9.87. The van der Waals surface area contributed by atoms with Crippen molar-refractivity contribution in [3.63, 3.8) is 0 Å². The number of hydrogen-bond acceptors (Lipinski definition) is 1. The molecule has 1 aliphatic rings. The van der Waals surface area contributed by atoms with Crippen LogP contribution in [0.5, 0.6) is 0 Å². The van der Waals surface area contributed by atoms with Gasteiger partial charge in [-0.15, -0.1) is 11.6 Å². The van der Waals surface area contributed by atoms with Crippen LogP contribution in [0.4, 0.5) is 0 Å². The van der Waals surface area contributed by atoms with Crippen molar-refractivity contribution in [2.75, 3.05) is 0 Å². The number of nitrogens with one attached hydrogen (secondary N) is 1. The van der Waals surface area contributed by atoms with Gasteiger partial charge in [-0.1, -0.05) is 54.6 Å². The Morgan fingerprint density at radius 1 is 1.10 bits per heavy atom. The summed E-state index contributed by atoms with van der Waals surface area (Å²) in [6, 6.07) is 17.9. The van der Waals surface area contributed by atoms with Crippen LogP contribution in [0.3, 0.4) is 0 Å². The summed E-state index contributed by atoms with van der Waals surface area (Å²) in [5.41, 5.74) is 3.40. The van der Waals surface area contributed by atoms with Crippen LogP contribution >= 0.6 is 11.6 Å². The van der Waals surface area contributed by atoms with Crippen LogP contribution in [0.2, 0.25) is 0 Å². The molecule has 0 aliphatic heterocycles. The van der Waals surface area contributed by atoms with Gasteiger partial charge in [-0.05, 0) is 36.0 Å². The van der Waals surface area contributed by atoms with E-state index in [4.69, 9.17) is 11.6 Å². The van der Waals surface area contributed by atoms with E-state index in [0.717, 1.165) is 24.8 Å². The van der Waals surface area contributed by atoms with Crippen LogP contribution in [0.15, 0.2) is 54.6 Å². The zero-order valence-electron chi connectivity index (χ0n) is 11.8. The number of alkyl halides is 1. The van der Waals surface area contributed by atoms with E-state index in [1.165, 1.54) is 11.1 Å². The number of carbonyl (C=O) groups excluding carboxylic acids is 1. The Balaban J connectivity index is 1.74. The second-order valence-corrected chi connectivity index (χ2v) is 5.86. The van der Waals surface area contributed by atoms with E-state index in [1.807, 2.05) is 36.4 Å². The first kappa shape index (κ1) is 14.2. The fraction of sp³-hybridized carbons (Fsp3) is 0.278. The fourth-order valence-corrected chi connectivity index (χ4v) is 3.13. The molecule has 3 heteroatoms. The SMILES string of the molecule is O=C(N[C@H]1CCCc2ccccc21)[C@@H](Cl)c1ccccc1. The molecule has 2 aromatic carbocycles. The molecule has 1 N–H and O–H groups in total. The maximum atomic E-state index is 12.4. The summed E-state index contributed by atoms with van der Waals surface area (Å²) < 4.78 is 0. The molecule has 0 saturated heterocycles. The van der Waals surface area contributed by atoms with Crippen LogP contribution in [0.1, 0.15) is 41.0 Å². The summed E-state index contributed by atoms with van der Waals surface area (Å²) in [6.45, 7) is 0. The molecule has 0 aromatic heterocycles. The van der Waals surface area contributed by atoms with Crippen LogP contribution in [0, 0.1) is 0 Å². The number of aryl methyl sites for hydroxylation is 1. The van der Waals surface area contributed by atoms with Crippen molar-refractivity contribution in [2.24, 2.45) is 0 Å². The van der Waals surface area contributed by atoms with Crippen molar-refractivity contribution in [1.82, 2.24) is 5.32 Å². The van der Waals surface area contributed by atoms with Gasteiger partial charge in [0.05, 0.1) is 6.04 Å². The summed E-state index contributed by atoms with van der Waals surface area (Å²) >= 11 is 6.29. The zero-order valence-corrected chi connectivity index (χ0v) is 12.5. The van der Waals surface area contributed by atoms with Gasteiger partial charge in [0.1, 0.15) is 5.38 Å². The summed E-state index contributed by atoms with van der Waals surface area (Å²) in [4.78, 5) is 12.4. The lowest BCUT2D eigenvalue weighted by molar-refractivity contribution is -0.121. The number of carbonyl (C=O) groups is 1. The average molecular weight is 300 g/mol. The maximum Gasteiger partial charge on any atom is 0.243 e. The second-order valence-electron chi connectivity index (χ2n) is 5.43. The first-order chi connectivity index (χ1) is 10.3. The van der Waals surface area contributed by atoms with Gasteiger partial charge in [-0.2, -0.15) is 0 Å². The second kappa shape index (κ2) is 6.31. The largest absolute Gasteiger partial charge is 0.348 e. The molecule has 1 aliphatic carbocycles. The van der Waals surface area contributed by atoms with Gasteiger partial charge in [0.15, 0.2) is 0 Å². The first-order valence-corrected chi connectivity index (χ1v) is 7.76. The summed E-state index contributed by atoms with van der Waals surface area (Å²) in [5.74, 6) is -0.121. The molecule has 21 heavy (non-hydrogen) atoms. The minimum absolute atomic E-state index is 0.0763. The number of benzene rings is 2. The van der Waals surface area contributed by atoms with Crippen molar-refractivity contribution < 1.29 is 4.79 Å². The highest BCUT2D eigenvalue weighted by molar-refractivity contribution is 6.30. The lowest BCUT2D eigenvalue weighted by Gasteiger charge is -2.27. The highest BCUT2D eigenvalue weighted by atomic mass is 35.5. The molecule has 0 unspecified atom stereocenters. The Morgan fingerprint density at radius 3 is 2.62 bits per heavy atom. The van der Waals surface area contributed by atoms with E-state index in [0.29, 0.717) is 0 Å². The van der Waals surface area contributed by atoms with E-state index >= 15 is 0 Å². The molecule has 0 radical (unpaired) electrons. The van der Waals surface area contributed by atoms with Crippen molar-refractivity contribution in [2.45, 2.75) is 30.7 Å². The zero-order chi connectivity index (χ0) is 14.7. The molecule has 2 atom stereocenters. The third kappa shape index (κ3) is 3.11. The molecule has 108 valence electrons. The van der Waals surface area contributed by atoms with E-state index in [9.17, 15) is 4.79 Å². The molecule has 2 aromatic rings. The van der Waals surface area contributed by atoms with Gasteiger partial charge in [-0.25, -0.2) is 0 Å². The molecular formula is C18H18ClNO. The van der Waals surface area contributed by atoms with Crippen molar-refractivity contribution in [1.29, 1.82) is 0 Å². The Morgan fingerprint density at radius 2 is 1.81 bits per heavy atom. The highest BCUT2D eigenvalue weighted by Crippen LogP contribution is 2.30. The minimum atomic E-state index is -0.639. The summed E-state index contributed by atoms with van der Waals surface area (Å²) in [5, 5.41) is 2.46. The third-order valence-electron chi connectivity index (χ3n) is 4.01. The smallest absolute Gasteiger partial charge is 0.243 e. The van der Waals surface area contributed by atoms with Gasteiger partial charge in [-0.3, -0.25) is 4.79 Å². The standard InChI is InChI=1S/C18H18ClNO/c19-17(14-8-2-1-3-9-14)18(21)20-16-12-6-10-13-7-4-5-11-15(13)16/h1-5,7-9,11,16-17H,6,10,12H2,(H,20,21)/t16-,17-/m0/s1. The molecule has 3 rings (SSSR count). The van der Waals surface area contributed by atoms with Crippen LogP contribution in [0.25, 0.3) is 0 Å². The van der Waals surface area contributed by atoms with E-state index in [1.54, 1.807) is 0 Å². The minimum Gasteiger partial charge on any atom is -0.348 e. The van der Waals surface area contributed by atoms with E-state index in [2.05, 4.69) is 23.5 Å². The van der Waals surface area contributed by atoms with Crippen molar-refractivity contribution in [3.05, 3.63) is 71.3 Å². The highest BCUT2D eigenvalue weighted by Gasteiger charge is 2.25. The molecule has 0 saturated carbocycles. The molecule has 1 amide bonds. The Bertz CT molecular complexity index is 626. The van der Waals surface area contributed by atoms with Crippen molar-refractivity contribution in [3.8, 4) is 0 Å². The van der Waals surface area contributed by atoms with Gasteiger partial charge < -0.3 is 5.32 Å². The molecule has 0 fully saturated rings. The number of hydrogen-bond donors (Lipinski definition) is 1. The van der Waals surface area contributed by atoms with Gasteiger partial charge in [0.25, 0.3) is 0 Å². The van der Waals surface area contributed by atoms with Gasteiger partial charge >= 0.3 is 0 Å². The molecule has 0 spiro atoms. The van der Waals surface area contributed by atoms with Crippen LogP contribution in [-0.4, -0.2) is 5.91 Å². The topological polar surface area (TPSA) is 29.1 Å². The molecule has 0 bridgehead atoms. The Hall–Kier alpha value is -1.80. The first-order valence-electron chi connectivity index (χ1n) is 7.33. The molecule has 2 nitrogen and oxygen atoms in total. The predicted molar refractivity (Wildman–Crippen MR) is 85.3 cm³/mol. The molecular weight excluding hydrogens is 282 g/mol. The van der Waals surface area contributed by atoms with E-state index in [-0.39, 0.29) is 11.9 Å². The Kier molecular flexibility index (Phi) is 4.26. The van der Waals surface area contributed by atoms with Gasteiger partial charge in [0, 0.05) is 0 Å². The number of amides is 1. The monoisotopic (exact) mass is 299 g/mol. The number of halogens is 1. The predicted octanol–water partition coefficient (Wildman–Crippen LogP) is 4.16.